The second-order valence-corrected chi connectivity index (χ2v) is 12.4. The number of nitrogens with zero attached hydrogens (tertiary/aromatic N) is 5. The number of benzene rings is 3. The molecule has 10 nitrogen and oxygen atoms in total. The van der Waals surface area contributed by atoms with Crippen LogP contribution in [0.15, 0.2) is 96.2 Å². The van der Waals surface area contributed by atoms with Crippen LogP contribution in [0, 0.1) is 0 Å². The molecule has 5 aromatic rings. The molecule has 0 spiro atoms. The van der Waals surface area contributed by atoms with Gasteiger partial charge in [-0.2, -0.15) is 9.97 Å². The molecule has 0 amide bonds. The molecule has 0 aliphatic heterocycles. The predicted octanol–water partition coefficient (Wildman–Crippen LogP) is 5.70. The SMILES string of the molecule is CCn1cnc2c(N(Cc3ccccc3)c3ccc(NS(=O)(=O)c4ccccc4)cc3)nc(NC3CCC(O)CC3)nc21. The van der Waals surface area contributed by atoms with Crippen LogP contribution in [0.4, 0.5) is 23.1 Å². The minimum atomic E-state index is -3.72. The van der Waals surface area contributed by atoms with Gasteiger partial charge in [-0.3, -0.25) is 4.72 Å². The first kappa shape index (κ1) is 28.6. The van der Waals surface area contributed by atoms with Gasteiger partial charge in [0, 0.05) is 30.5 Å². The van der Waals surface area contributed by atoms with Crippen molar-refractivity contribution < 1.29 is 13.5 Å². The van der Waals surface area contributed by atoms with Gasteiger partial charge in [0.1, 0.15) is 0 Å². The molecule has 1 saturated carbocycles. The molecular weight excluding hydrogens is 562 g/mol. The minimum absolute atomic E-state index is 0.172. The van der Waals surface area contributed by atoms with E-state index in [2.05, 4.69) is 34.0 Å². The van der Waals surface area contributed by atoms with Crippen molar-refractivity contribution in [1.82, 2.24) is 19.5 Å². The Morgan fingerprint density at radius 2 is 1.58 bits per heavy atom. The summed E-state index contributed by atoms with van der Waals surface area (Å²) in [7, 11) is -3.72. The molecule has 11 heteroatoms. The Morgan fingerprint density at radius 1 is 0.907 bits per heavy atom. The van der Waals surface area contributed by atoms with E-state index in [-0.39, 0.29) is 17.0 Å². The molecule has 6 rings (SSSR count). The number of hydrogen-bond acceptors (Lipinski definition) is 8. The summed E-state index contributed by atoms with van der Waals surface area (Å²) < 4.78 is 30.5. The first-order valence-electron chi connectivity index (χ1n) is 14.6. The molecular formula is C32H35N7O3S. The maximum Gasteiger partial charge on any atom is 0.261 e. The van der Waals surface area contributed by atoms with Crippen molar-refractivity contribution in [1.29, 1.82) is 0 Å². The van der Waals surface area contributed by atoms with Crippen LogP contribution in [-0.2, 0) is 23.1 Å². The van der Waals surface area contributed by atoms with E-state index in [1.165, 1.54) is 0 Å². The summed E-state index contributed by atoms with van der Waals surface area (Å²) in [6.45, 7) is 3.27. The Labute approximate surface area is 251 Å². The number of nitrogens with one attached hydrogen (secondary N) is 2. The Kier molecular flexibility index (Phi) is 8.26. The molecule has 1 fully saturated rings. The zero-order chi connectivity index (χ0) is 29.8. The second-order valence-electron chi connectivity index (χ2n) is 10.8. The number of aliphatic hydroxyl groups is 1. The van der Waals surface area contributed by atoms with E-state index in [4.69, 9.17) is 15.0 Å². The number of hydrogen-bond donors (Lipinski definition) is 3. The summed E-state index contributed by atoms with van der Waals surface area (Å²) in [5.41, 5.74) is 3.77. The number of anilines is 4. The Bertz CT molecular complexity index is 1770. The van der Waals surface area contributed by atoms with Gasteiger partial charge in [-0.15, -0.1) is 0 Å². The lowest BCUT2D eigenvalue weighted by Gasteiger charge is -2.28. The standard InChI is InChI=1S/C32H35N7O3S/c1-2-38-22-33-29-30(38)35-32(34-24-15-19-27(40)20-16-24)36-31(29)39(21-23-9-5-3-6-10-23)26-17-13-25(14-18-26)37-43(41,42)28-11-7-4-8-12-28/h3-14,17-18,22,24,27,37,40H,2,15-16,19-21H2,1H3,(H,34,35,36). The molecule has 0 unspecified atom stereocenters. The number of aryl methyl sites for hydroxylation is 1. The molecule has 3 N–H and O–H groups in total. The Morgan fingerprint density at radius 3 is 2.26 bits per heavy atom. The van der Waals surface area contributed by atoms with Gasteiger partial charge in [0.05, 0.1) is 17.3 Å². The first-order chi connectivity index (χ1) is 20.9. The zero-order valence-electron chi connectivity index (χ0n) is 24.0. The molecule has 43 heavy (non-hydrogen) atoms. The van der Waals surface area contributed by atoms with Crippen LogP contribution >= 0.6 is 0 Å². The van der Waals surface area contributed by atoms with E-state index in [1.807, 2.05) is 34.9 Å². The fourth-order valence-corrected chi connectivity index (χ4v) is 6.47. The normalized spacial score (nSPS) is 17.1. The maximum absolute atomic E-state index is 12.9. The third-order valence-electron chi connectivity index (χ3n) is 7.74. The highest BCUT2D eigenvalue weighted by Crippen LogP contribution is 2.34. The smallest absolute Gasteiger partial charge is 0.261 e. The summed E-state index contributed by atoms with van der Waals surface area (Å²) in [6.07, 6.45) is 4.73. The number of fused-ring (bicyclic) bond motifs is 1. The molecule has 1 aliphatic rings. The average molecular weight is 598 g/mol. The van der Waals surface area contributed by atoms with Crippen molar-refractivity contribution in [3.05, 3.63) is 96.8 Å². The molecule has 3 aromatic carbocycles. The van der Waals surface area contributed by atoms with E-state index < -0.39 is 10.0 Å². The van der Waals surface area contributed by atoms with Crippen LogP contribution in [0.3, 0.4) is 0 Å². The van der Waals surface area contributed by atoms with E-state index in [9.17, 15) is 13.5 Å². The van der Waals surface area contributed by atoms with Crippen LogP contribution in [0.5, 0.6) is 0 Å². The lowest BCUT2D eigenvalue weighted by atomic mass is 9.93. The number of rotatable bonds is 10. The molecule has 0 saturated heterocycles. The lowest BCUT2D eigenvalue weighted by molar-refractivity contribution is 0.126. The molecule has 0 radical (unpaired) electrons. The molecule has 0 bridgehead atoms. The van der Waals surface area contributed by atoms with Crippen LogP contribution in [-0.4, -0.2) is 45.2 Å². The summed E-state index contributed by atoms with van der Waals surface area (Å²) in [5.74, 6) is 1.17. The fourth-order valence-electron chi connectivity index (χ4n) is 5.39. The molecule has 0 atom stereocenters. The van der Waals surface area contributed by atoms with Crippen LogP contribution in [0.25, 0.3) is 11.2 Å². The average Bonchev–Trinajstić information content (AvgIpc) is 3.45. The molecule has 2 aromatic heterocycles. The van der Waals surface area contributed by atoms with Gasteiger partial charge in [-0.25, -0.2) is 13.4 Å². The van der Waals surface area contributed by atoms with E-state index in [1.54, 1.807) is 48.8 Å². The van der Waals surface area contributed by atoms with E-state index in [0.717, 1.165) is 42.6 Å². The largest absolute Gasteiger partial charge is 0.393 e. The van der Waals surface area contributed by atoms with Crippen molar-refractivity contribution in [3.63, 3.8) is 0 Å². The number of sulfonamides is 1. The van der Waals surface area contributed by atoms with Crippen molar-refractivity contribution in [2.45, 2.75) is 62.7 Å². The quantitative estimate of drug-likeness (QED) is 0.187. The minimum Gasteiger partial charge on any atom is -0.393 e. The third kappa shape index (κ3) is 6.47. The predicted molar refractivity (Wildman–Crippen MR) is 169 cm³/mol. The van der Waals surface area contributed by atoms with Gasteiger partial charge in [-0.1, -0.05) is 48.5 Å². The highest BCUT2D eigenvalue weighted by Gasteiger charge is 2.24. The summed E-state index contributed by atoms with van der Waals surface area (Å²) >= 11 is 0. The maximum atomic E-state index is 12.9. The van der Waals surface area contributed by atoms with Crippen LogP contribution < -0.4 is 14.9 Å². The molecule has 222 valence electrons. The highest BCUT2D eigenvalue weighted by atomic mass is 32.2. The number of aliphatic hydroxyl groups excluding tert-OH is 1. The highest BCUT2D eigenvalue weighted by molar-refractivity contribution is 7.92. The van der Waals surface area contributed by atoms with Crippen molar-refractivity contribution >= 4 is 44.3 Å². The first-order valence-corrected chi connectivity index (χ1v) is 16.0. The van der Waals surface area contributed by atoms with Gasteiger partial charge in [-0.05, 0) is 74.6 Å². The van der Waals surface area contributed by atoms with Gasteiger partial charge in [0.25, 0.3) is 10.0 Å². The van der Waals surface area contributed by atoms with Gasteiger partial charge in [0.2, 0.25) is 5.95 Å². The topological polar surface area (TPSA) is 125 Å². The molecule has 1 aliphatic carbocycles. The second kappa shape index (κ2) is 12.4. The summed E-state index contributed by atoms with van der Waals surface area (Å²) in [5, 5.41) is 13.5. The van der Waals surface area contributed by atoms with Gasteiger partial charge < -0.3 is 19.9 Å². The Balaban J connectivity index is 1.38. The third-order valence-corrected chi connectivity index (χ3v) is 9.14. The van der Waals surface area contributed by atoms with Crippen molar-refractivity contribution in [3.8, 4) is 0 Å². The van der Waals surface area contributed by atoms with Gasteiger partial charge in [0.15, 0.2) is 17.0 Å². The summed E-state index contributed by atoms with van der Waals surface area (Å²) in [6, 6.07) is 25.8. The fraction of sp³-hybridized carbons (Fsp3) is 0.281. The van der Waals surface area contributed by atoms with E-state index in [0.29, 0.717) is 36.1 Å². The zero-order valence-corrected chi connectivity index (χ0v) is 24.8. The summed E-state index contributed by atoms with van der Waals surface area (Å²) in [4.78, 5) is 16.9. The molecule has 2 heterocycles. The van der Waals surface area contributed by atoms with Crippen molar-refractivity contribution in [2.75, 3.05) is 14.9 Å². The lowest BCUT2D eigenvalue weighted by Crippen LogP contribution is -2.29. The number of imidazole rings is 1. The van der Waals surface area contributed by atoms with Gasteiger partial charge >= 0.3 is 0 Å². The Hall–Kier alpha value is -4.48. The van der Waals surface area contributed by atoms with Crippen LogP contribution in [0.2, 0.25) is 0 Å². The van der Waals surface area contributed by atoms with Crippen LogP contribution in [0.1, 0.15) is 38.2 Å². The monoisotopic (exact) mass is 597 g/mol. The van der Waals surface area contributed by atoms with Crippen molar-refractivity contribution in [2.24, 2.45) is 0 Å². The number of aromatic nitrogens is 4. The van der Waals surface area contributed by atoms with E-state index >= 15 is 0 Å².